The fraction of sp³-hybridized carbons (Fsp3) is 0.571. The van der Waals surface area contributed by atoms with E-state index in [1.54, 1.807) is 6.07 Å². The van der Waals surface area contributed by atoms with Gasteiger partial charge in [0, 0.05) is 11.7 Å². The van der Waals surface area contributed by atoms with Gasteiger partial charge in [0.05, 0.1) is 4.47 Å². The summed E-state index contributed by atoms with van der Waals surface area (Å²) in [6.07, 6.45) is 5.02. The second-order valence-corrected chi connectivity index (χ2v) is 6.04. The number of hydrogen-bond donors (Lipinski definition) is 1. The fourth-order valence-electron chi connectivity index (χ4n) is 2.43. The van der Waals surface area contributed by atoms with Crippen LogP contribution < -0.4 is 5.32 Å². The van der Waals surface area contributed by atoms with Crippen LogP contribution in [0.5, 0.6) is 0 Å². The molecule has 1 nitrogen and oxygen atoms in total. The van der Waals surface area contributed by atoms with Crippen molar-refractivity contribution in [1.82, 2.24) is 0 Å². The van der Waals surface area contributed by atoms with Crippen LogP contribution in [-0.2, 0) is 0 Å². The number of nitrogens with one attached hydrogen (secondary N) is 1. The molecular formula is C14H19BrFN. The Morgan fingerprint density at radius 2 is 1.88 bits per heavy atom. The van der Waals surface area contributed by atoms with Gasteiger partial charge in [-0.2, -0.15) is 0 Å². The van der Waals surface area contributed by atoms with Gasteiger partial charge >= 0.3 is 0 Å². The maximum Gasteiger partial charge on any atom is 0.137 e. The van der Waals surface area contributed by atoms with Crippen LogP contribution in [-0.4, -0.2) is 6.04 Å². The van der Waals surface area contributed by atoms with Gasteiger partial charge in [-0.1, -0.05) is 6.92 Å². The van der Waals surface area contributed by atoms with Gasteiger partial charge in [0.25, 0.3) is 0 Å². The molecule has 2 rings (SSSR count). The number of hydrogen-bond acceptors (Lipinski definition) is 1. The number of halogens is 2. The minimum atomic E-state index is -0.190. The van der Waals surface area contributed by atoms with Crippen LogP contribution in [0.15, 0.2) is 16.6 Å². The zero-order valence-electron chi connectivity index (χ0n) is 10.4. The Labute approximate surface area is 111 Å². The largest absolute Gasteiger partial charge is 0.382 e. The monoisotopic (exact) mass is 299 g/mol. The van der Waals surface area contributed by atoms with Gasteiger partial charge in [0.2, 0.25) is 0 Å². The molecule has 3 heteroatoms. The molecule has 1 aliphatic carbocycles. The Hall–Kier alpha value is -0.570. The average molecular weight is 300 g/mol. The van der Waals surface area contributed by atoms with Gasteiger partial charge in [-0.15, -0.1) is 0 Å². The van der Waals surface area contributed by atoms with E-state index >= 15 is 0 Å². The van der Waals surface area contributed by atoms with Crippen molar-refractivity contribution >= 4 is 21.6 Å². The van der Waals surface area contributed by atoms with Crippen molar-refractivity contribution in [2.45, 2.75) is 45.6 Å². The molecule has 0 heterocycles. The van der Waals surface area contributed by atoms with Crippen LogP contribution in [0.1, 0.15) is 38.2 Å². The lowest BCUT2D eigenvalue weighted by Gasteiger charge is -2.28. The maximum absolute atomic E-state index is 13.3. The Morgan fingerprint density at radius 1 is 1.24 bits per heavy atom. The van der Waals surface area contributed by atoms with Gasteiger partial charge in [0.15, 0.2) is 0 Å². The van der Waals surface area contributed by atoms with Gasteiger partial charge in [0.1, 0.15) is 5.82 Å². The molecule has 94 valence electrons. The summed E-state index contributed by atoms with van der Waals surface area (Å²) in [7, 11) is 0. The summed E-state index contributed by atoms with van der Waals surface area (Å²) in [6, 6.07) is 3.97. The number of benzene rings is 1. The Kier molecular flexibility index (Phi) is 4.08. The molecule has 0 amide bonds. The highest BCUT2D eigenvalue weighted by Gasteiger charge is 2.18. The Balaban J connectivity index is 2.06. The van der Waals surface area contributed by atoms with Crippen LogP contribution >= 0.6 is 15.9 Å². The van der Waals surface area contributed by atoms with E-state index in [1.807, 2.05) is 13.0 Å². The zero-order chi connectivity index (χ0) is 12.4. The molecule has 0 aliphatic heterocycles. The predicted octanol–water partition coefficient (Wildman–Crippen LogP) is 4.89. The first-order valence-electron chi connectivity index (χ1n) is 6.28. The van der Waals surface area contributed by atoms with Crippen molar-refractivity contribution in [2.75, 3.05) is 5.32 Å². The maximum atomic E-state index is 13.3. The van der Waals surface area contributed by atoms with Crippen molar-refractivity contribution in [3.63, 3.8) is 0 Å². The summed E-state index contributed by atoms with van der Waals surface area (Å²) in [5, 5.41) is 3.54. The van der Waals surface area contributed by atoms with Gasteiger partial charge in [-0.3, -0.25) is 0 Å². The lowest BCUT2D eigenvalue weighted by molar-refractivity contribution is 0.361. The molecule has 0 spiro atoms. The Bertz CT molecular complexity index is 397. The highest BCUT2D eigenvalue weighted by Crippen LogP contribution is 2.29. The van der Waals surface area contributed by atoms with E-state index in [0.717, 1.165) is 17.2 Å². The smallest absolute Gasteiger partial charge is 0.137 e. The van der Waals surface area contributed by atoms with E-state index in [-0.39, 0.29) is 5.82 Å². The second-order valence-electron chi connectivity index (χ2n) is 5.18. The molecule has 0 bridgehead atoms. The summed E-state index contributed by atoms with van der Waals surface area (Å²) in [5.41, 5.74) is 2.03. The van der Waals surface area contributed by atoms with Crippen LogP contribution in [0.4, 0.5) is 10.1 Å². The first-order chi connectivity index (χ1) is 8.06. The summed E-state index contributed by atoms with van der Waals surface area (Å²) >= 11 is 3.24. The number of aryl methyl sites for hydroxylation is 1. The van der Waals surface area contributed by atoms with E-state index in [0.29, 0.717) is 10.5 Å². The van der Waals surface area contributed by atoms with Gasteiger partial charge in [-0.05, 0) is 72.2 Å². The highest BCUT2D eigenvalue weighted by atomic mass is 79.9. The molecule has 1 aromatic rings. The normalized spacial score (nSPS) is 24.7. The van der Waals surface area contributed by atoms with Crippen molar-refractivity contribution in [2.24, 2.45) is 5.92 Å². The molecule has 1 aromatic carbocycles. The SMILES string of the molecule is Cc1cc(F)c(Br)cc1NC1CCC(C)CC1. The second kappa shape index (κ2) is 5.38. The molecular weight excluding hydrogens is 281 g/mol. The summed E-state index contributed by atoms with van der Waals surface area (Å²) < 4.78 is 13.9. The first-order valence-corrected chi connectivity index (χ1v) is 7.07. The van der Waals surface area contributed by atoms with Crippen molar-refractivity contribution in [3.8, 4) is 0 Å². The van der Waals surface area contributed by atoms with E-state index in [2.05, 4.69) is 28.2 Å². The van der Waals surface area contributed by atoms with E-state index < -0.39 is 0 Å². The zero-order valence-corrected chi connectivity index (χ0v) is 12.0. The minimum absolute atomic E-state index is 0.190. The number of anilines is 1. The first kappa shape index (κ1) is 12.9. The average Bonchev–Trinajstić information content (AvgIpc) is 2.29. The molecule has 0 saturated heterocycles. The van der Waals surface area contributed by atoms with Crippen molar-refractivity contribution in [1.29, 1.82) is 0 Å². The fourth-order valence-corrected chi connectivity index (χ4v) is 2.77. The van der Waals surface area contributed by atoms with Crippen LogP contribution in [0.25, 0.3) is 0 Å². The molecule has 1 aliphatic rings. The van der Waals surface area contributed by atoms with Gasteiger partial charge < -0.3 is 5.32 Å². The molecule has 1 saturated carbocycles. The lowest BCUT2D eigenvalue weighted by atomic mass is 9.87. The molecule has 1 N–H and O–H groups in total. The highest BCUT2D eigenvalue weighted by molar-refractivity contribution is 9.10. The van der Waals surface area contributed by atoms with Crippen molar-refractivity contribution < 1.29 is 4.39 Å². The molecule has 17 heavy (non-hydrogen) atoms. The third-order valence-corrected chi connectivity index (χ3v) is 4.25. The predicted molar refractivity (Wildman–Crippen MR) is 73.9 cm³/mol. The molecule has 0 unspecified atom stereocenters. The van der Waals surface area contributed by atoms with Crippen LogP contribution in [0.3, 0.4) is 0 Å². The molecule has 0 atom stereocenters. The third-order valence-electron chi connectivity index (χ3n) is 3.64. The van der Waals surface area contributed by atoms with Crippen LogP contribution in [0, 0.1) is 18.7 Å². The lowest BCUT2D eigenvalue weighted by Crippen LogP contribution is -2.25. The van der Waals surface area contributed by atoms with Gasteiger partial charge in [-0.25, -0.2) is 4.39 Å². The summed E-state index contributed by atoms with van der Waals surface area (Å²) in [4.78, 5) is 0. The Morgan fingerprint density at radius 3 is 2.53 bits per heavy atom. The van der Waals surface area contributed by atoms with E-state index in [9.17, 15) is 4.39 Å². The van der Waals surface area contributed by atoms with E-state index in [4.69, 9.17) is 0 Å². The minimum Gasteiger partial charge on any atom is -0.382 e. The quantitative estimate of drug-likeness (QED) is 0.820. The van der Waals surface area contributed by atoms with Crippen molar-refractivity contribution in [3.05, 3.63) is 28.0 Å². The van der Waals surface area contributed by atoms with Crippen LogP contribution in [0.2, 0.25) is 0 Å². The number of rotatable bonds is 2. The summed E-state index contributed by atoms with van der Waals surface area (Å²) in [6.45, 7) is 4.26. The molecule has 0 aromatic heterocycles. The topological polar surface area (TPSA) is 12.0 Å². The standard InChI is InChI=1S/C14H19BrFN/c1-9-3-5-11(6-4-9)17-14-8-12(15)13(16)7-10(14)2/h7-9,11,17H,3-6H2,1-2H3. The molecule has 1 fully saturated rings. The van der Waals surface area contributed by atoms with E-state index in [1.165, 1.54) is 25.7 Å². The summed E-state index contributed by atoms with van der Waals surface area (Å²) in [5.74, 6) is 0.666. The molecule has 0 radical (unpaired) electrons. The third kappa shape index (κ3) is 3.21.